The van der Waals surface area contributed by atoms with Gasteiger partial charge in [0.05, 0.1) is 0 Å². The fourth-order valence-electron chi connectivity index (χ4n) is 1.18. The first kappa shape index (κ1) is 15.9. The Morgan fingerprint density at radius 1 is 1.00 bits per heavy atom. The maximum Gasteiger partial charge on any atom is 0.0465 e. The summed E-state index contributed by atoms with van der Waals surface area (Å²) in [4.78, 5) is 0. The van der Waals surface area contributed by atoms with Crippen LogP contribution < -0.4 is 0 Å². The predicted molar refractivity (Wildman–Crippen MR) is 77.2 cm³/mol. The third kappa shape index (κ3) is 11.2. The van der Waals surface area contributed by atoms with Crippen molar-refractivity contribution in [1.29, 1.82) is 0 Å². The Bertz CT molecular complexity index is 247. The smallest absolute Gasteiger partial charge is 0.0465 e. The zero-order valence-corrected chi connectivity index (χ0v) is 11.3. The fourth-order valence-corrected chi connectivity index (χ4v) is 1.18. The molecule has 1 aromatic carbocycles. The molecule has 1 heteroatoms. The van der Waals surface area contributed by atoms with Crippen molar-refractivity contribution < 1.29 is 4.74 Å². The number of benzene rings is 1. The summed E-state index contributed by atoms with van der Waals surface area (Å²) in [5.41, 5.74) is 1.17. The van der Waals surface area contributed by atoms with E-state index in [-0.39, 0.29) is 0 Å². The van der Waals surface area contributed by atoms with Gasteiger partial charge in [0, 0.05) is 13.2 Å². The highest BCUT2D eigenvalue weighted by Gasteiger charge is 1.84. The van der Waals surface area contributed by atoms with Crippen LogP contribution in [0.15, 0.2) is 36.9 Å². The summed E-state index contributed by atoms with van der Waals surface area (Å²) in [6, 6.07) is 10.0. The second kappa shape index (κ2) is 13.0. The Hall–Kier alpha value is -1.08. The number of ether oxygens (including phenoxy) is 1. The van der Waals surface area contributed by atoms with Crippen LogP contribution in [0.1, 0.15) is 45.1 Å². The second-order valence-corrected chi connectivity index (χ2v) is 3.93. The molecule has 1 rings (SSSR count). The predicted octanol–water partition coefficient (Wildman–Crippen LogP) is 4.93. The number of unbranched alkanes of at least 4 members (excludes halogenated alkanes) is 2. The molecule has 0 N–H and O–H groups in total. The average molecular weight is 234 g/mol. The van der Waals surface area contributed by atoms with Crippen LogP contribution in [-0.2, 0) is 4.74 Å². The first-order chi connectivity index (χ1) is 8.35. The van der Waals surface area contributed by atoms with Gasteiger partial charge in [-0.15, -0.1) is 0 Å². The molecule has 0 fully saturated rings. The van der Waals surface area contributed by atoms with Gasteiger partial charge in [0.15, 0.2) is 0 Å². The highest BCUT2D eigenvalue weighted by Crippen LogP contribution is 1.97. The van der Waals surface area contributed by atoms with Gasteiger partial charge in [0.1, 0.15) is 0 Å². The van der Waals surface area contributed by atoms with Crippen LogP contribution in [0.3, 0.4) is 0 Å². The van der Waals surface area contributed by atoms with Crippen molar-refractivity contribution in [3.05, 3.63) is 42.5 Å². The lowest BCUT2D eigenvalue weighted by Gasteiger charge is -1.99. The molecule has 0 aliphatic carbocycles. The van der Waals surface area contributed by atoms with E-state index in [1.165, 1.54) is 31.2 Å². The number of hydrogen-bond donors (Lipinski definition) is 0. The zero-order valence-electron chi connectivity index (χ0n) is 11.3. The molecule has 1 aromatic rings. The van der Waals surface area contributed by atoms with Crippen molar-refractivity contribution in [2.45, 2.75) is 39.5 Å². The van der Waals surface area contributed by atoms with Gasteiger partial charge in [-0.3, -0.25) is 0 Å². The molecular formula is C16H26O. The Morgan fingerprint density at radius 2 is 1.53 bits per heavy atom. The third-order valence-electron chi connectivity index (χ3n) is 2.32. The quantitative estimate of drug-likeness (QED) is 0.608. The monoisotopic (exact) mass is 234 g/mol. The van der Waals surface area contributed by atoms with Crippen molar-refractivity contribution >= 4 is 6.08 Å². The molecule has 0 atom stereocenters. The van der Waals surface area contributed by atoms with Crippen molar-refractivity contribution in [3.63, 3.8) is 0 Å². The molecule has 0 saturated carbocycles. The first-order valence-electron chi connectivity index (χ1n) is 6.60. The van der Waals surface area contributed by atoms with Crippen LogP contribution in [-0.4, -0.2) is 13.2 Å². The molecule has 0 unspecified atom stereocenters. The lowest BCUT2D eigenvalue weighted by molar-refractivity contribution is 0.128. The van der Waals surface area contributed by atoms with Crippen LogP contribution in [0.5, 0.6) is 0 Å². The van der Waals surface area contributed by atoms with Gasteiger partial charge in [0.25, 0.3) is 0 Å². The van der Waals surface area contributed by atoms with Crippen molar-refractivity contribution in [2.75, 3.05) is 13.2 Å². The van der Waals surface area contributed by atoms with E-state index < -0.39 is 0 Å². The second-order valence-electron chi connectivity index (χ2n) is 3.93. The van der Waals surface area contributed by atoms with Crippen LogP contribution in [0.4, 0.5) is 0 Å². The summed E-state index contributed by atoms with van der Waals surface area (Å²) in [5, 5.41) is 0. The molecule has 0 aromatic heterocycles. The number of rotatable bonds is 7. The molecule has 0 heterocycles. The van der Waals surface area contributed by atoms with E-state index in [0.29, 0.717) is 0 Å². The minimum Gasteiger partial charge on any atom is -0.381 e. The molecular weight excluding hydrogens is 208 g/mol. The van der Waals surface area contributed by atoms with E-state index in [9.17, 15) is 0 Å². The minimum absolute atomic E-state index is 0.955. The highest BCUT2D eigenvalue weighted by atomic mass is 16.5. The van der Waals surface area contributed by atoms with Crippen molar-refractivity contribution in [3.8, 4) is 0 Å². The summed E-state index contributed by atoms with van der Waals surface area (Å²) >= 11 is 0. The van der Waals surface area contributed by atoms with Gasteiger partial charge in [-0.05, 0) is 18.4 Å². The number of hydrogen-bond acceptors (Lipinski definition) is 1. The normalized spacial score (nSPS) is 9.29. The molecule has 96 valence electrons. The fraction of sp³-hybridized carbons (Fsp3) is 0.500. The van der Waals surface area contributed by atoms with Gasteiger partial charge in [-0.2, -0.15) is 0 Å². The summed E-state index contributed by atoms with van der Waals surface area (Å²) in [5.74, 6) is 0. The summed E-state index contributed by atoms with van der Waals surface area (Å²) in [6.45, 7) is 9.91. The molecule has 0 aliphatic rings. The minimum atomic E-state index is 0.955. The summed E-state index contributed by atoms with van der Waals surface area (Å²) < 4.78 is 5.31. The van der Waals surface area contributed by atoms with E-state index in [2.05, 4.69) is 20.4 Å². The molecule has 0 radical (unpaired) electrons. The average Bonchev–Trinajstić information content (AvgIpc) is 2.40. The lowest BCUT2D eigenvalue weighted by atomic mass is 10.2. The van der Waals surface area contributed by atoms with Crippen LogP contribution in [0, 0.1) is 0 Å². The Morgan fingerprint density at radius 3 is 1.88 bits per heavy atom. The van der Waals surface area contributed by atoms with Gasteiger partial charge < -0.3 is 4.74 Å². The van der Waals surface area contributed by atoms with Crippen LogP contribution in [0.25, 0.3) is 6.08 Å². The van der Waals surface area contributed by atoms with Crippen LogP contribution in [0.2, 0.25) is 0 Å². The maximum absolute atomic E-state index is 5.31. The van der Waals surface area contributed by atoms with E-state index in [0.717, 1.165) is 13.2 Å². The van der Waals surface area contributed by atoms with Gasteiger partial charge in [-0.25, -0.2) is 0 Å². The molecule has 0 aliphatic heterocycles. The lowest BCUT2D eigenvalue weighted by Crippen LogP contribution is -1.95. The zero-order chi connectivity index (χ0) is 12.8. The van der Waals surface area contributed by atoms with E-state index in [1.54, 1.807) is 0 Å². The van der Waals surface area contributed by atoms with E-state index >= 15 is 0 Å². The Labute approximate surface area is 107 Å². The Balaban J connectivity index is 0.000000302. The first-order valence-corrected chi connectivity index (χ1v) is 6.60. The van der Waals surface area contributed by atoms with Gasteiger partial charge in [-0.1, -0.05) is 69.7 Å². The molecule has 1 nitrogen and oxygen atoms in total. The molecule has 17 heavy (non-hydrogen) atoms. The molecule has 0 bridgehead atoms. The molecule has 0 amide bonds. The summed E-state index contributed by atoms with van der Waals surface area (Å²) in [7, 11) is 0. The summed E-state index contributed by atoms with van der Waals surface area (Å²) in [6.07, 6.45) is 6.74. The van der Waals surface area contributed by atoms with E-state index in [4.69, 9.17) is 4.74 Å². The van der Waals surface area contributed by atoms with E-state index in [1.807, 2.05) is 36.4 Å². The van der Waals surface area contributed by atoms with Gasteiger partial charge in [0.2, 0.25) is 0 Å². The SMILES string of the molecule is C=Cc1ccccc1.CCCCOCCCC. The highest BCUT2D eigenvalue weighted by molar-refractivity contribution is 5.45. The van der Waals surface area contributed by atoms with Crippen molar-refractivity contribution in [2.24, 2.45) is 0 Å². The largest absolute Gasteiger partial charge is 0.381 e. The standard InChI is InChI=1S/C8H18O.C8H8/c1-3-5-7-9-8-6-4-2;1-2-8-6-4-3-5-7-8/h3-8H2,1-2H3;2-7H,1H2. The Kier molecular flexibility index (Phi) is 12.2. The molecule has 0 saturated heterocycles. The van der Waals surface area contributed by atoms with Gasteiger partial charge >= 0.3 is 0 Å². The van der Waals surface area contributed by atoms with Crippen LogP contribution >= 0.6 is 0 Å². The maximum atomic E-state index is 5.31. The van der Waals surface area contributed by atoms with Crippen molar-refractivity contribution in [1.82, 2.24) is 0 Å². The topological polar surface area (TPSA) is 9.23 Å². The third-order valence-corrected chi connectivity index (χ3v) is 2.32. The molecule has 0 spiro atoms.